The largest absolute Gasteiger partial charge is 0.393 e. The zero-order chi connectivity index (χ0) is 6.81. The van der Waals surface area contributed by atoms with Crippen molar-refractivity contribution in [3.63, 3.8) is 0 Å². The van der Waals surface area contributed by atoms with Gasteiger partial charge < -0.3 is 4.84 Å². The zero-order valence-corrected chi connectivity index (χ0v) is 5.36. The Morgan fingerprint density at radius 1 is 1.70 bits per heavy atom. The Labute approximate surface area is 58.7 Å². The van der Waals surface area contributed by atoms with Gasteiger partial charge in [-0.3, -0.25) is 4.84 Å². The van der Waals surface area contributed by atoms with Gasteiger partial charge in [0.15, 0.2) is 0 Å². The van der Waals surface area contributed by atoms with E-state index in [1.165, 1.54) is 0 Å². The molecule has 0 amide bonds. The van der Waals surface area contributed by atoms with Crippen molar-refractivity contribution in [3.8, 4) is 0 Å². The van der Waals surface area contributed by atoms with Gasteiger partial charge in [-0.2, -0.15) is 0 Å². The molecule has 4 nitrogen and oxygen atoms in total. The summed E-state index contributed by atoms with van der Waals surface area (Å²) in [5.74, 6) is 0. The standard InChI is InChI=1S/C6H7N2O2/c1-2-8(10-3-1)6-4-7-9-5-6/h2,4,6H,3,5H2. The van der Waals surface area contributed by atoms with Crippen LogP contribution in [0.2, 0.25) is 0 Å². The Morgan fingerprint density at radius 3 is 3.30 bits per heavy atom. The molecular formula is C6H7N2O2. The van der Waals surface area contributed by atoms with Gasteiger partial charge in [0.2, 0.25) is 0 Å². The topological polar surface area (TPSA) is 34.1 Å². The van der Waals surface area contributed by atoms with Crippen LogP contribution in [0.4, 0.5) is 0 Å². The highest BCUT2D eigenvalue weighted by molar-refractivity contribution is 5.65. The van der Waals surface area contributed by atoms with Crippen molar-refractivity contribution in [1.29, 1.82) is 0 Å². The Balaban J connectivity index is 1.98. The highest BCUT2D eigenvalue weighted by Crippen LogP contribution is 2.09. The molecule has 4 heteroatoms. The Hall–Kier alpha value is -1.03. The number of hydrogen-bond acceptors (Lipinski definition) is 4. The normalized spacial score (nSPS) is 29.6. The number of nitrogens with zero attached hydrogens (tertiary/aromatic N) is 2. The zero-order valence-electron chi connectivity index (χ0n) is 5.36. The number of rotatable bonds is 1. The van der Waals surface area contributed by atoms with Crippen LogP contribution in [0.5, 0.6) is 0 Å². The van der Waals surface area contributed by atoms with Crippen LogP contribution in [0.1, 0.15) is 0 Å². The molecule has 0 bridgehead atoms. The fourth-order valence-corrected chi connectivity index (χ4v) is 0.883. The molecule has 1 unspecified atom stereocenters. The molecule has 0 N–H and O–H groups in total. The molecule has 1 atom stereocenters. The monoisotopic (exact) mass is 139 g/mol. The van der Waals surface area contributed by atoms with Gasteiger partial charge in [-0.25, -0.2) is 5.06 Å². The lowest BCUT2D eigenvalue weighted by Crippen LogP contribution is -2.30. The van der Waals surface area contributed by atoms with E-state index in [-0.39, 0.29) is 6.04 Å². The van der Waals surface area contributed by atoms with Gasteiger partial charge >= 0.3 is 0 Å². The van der Waals surface area contributed by atoms with Crippen LogP contribution in [-0.2, 0) is 9.68 Å². The third-order valence-electron chi connectivity index (χ3n) is 1.40. The van der Waals surface area contributed by atoms with Gasteiger partial charge in [0.05, 0.1) is 6.21 Å². The summed E-state index contributed by atoms with van der Waals surface area (Å²) in [6.45, 7) is 1.10. The quantitative estimate of drug-likeness (QED) is 0.510. The van der Waals surface area contributed by atoms with Gasteiger partial charge in [0.25, 0.3) is 0 Å². The minimum absolute atomic E-state index is 0.134. The second-order valence-electron chi connectivity index (χ2n) is 2.08. The molecule has 10 heavy (non-hydrogen) atoms. The molecule has 0 spiro atoms. The fourth-order valence-electron chi connectivity index (χ4n) is 0.883. The molecule has 2 heterocycles. The second-order valence-corrected chi connectivity index (χ2v) is 2.08. The average molecular weight is 139 g/mol. The smallest absolute Gasteiger partial charge is 0.145 e. The molecule has 53 valence electrons. The minimum Gasteiger partial charge on any atom is -0.393 e. The lowest BCUT2D eigenvalue weighted by molar-refractivity contribution is -0.111. The van der Waals surface area contributed by atoms with E-state index in [9.17, 15) is 0 Å². The van der Waals surface area contributed by atoms with E-state index in [0.717, 1.165) is 0 Å². The Kier molecular flexibility index (Phi) is 1.32. The summed E-state index contributed by atoms with van der Waals surface area (Å²) >= 11 is 0. The van der Waals surface area contributed by atoms with E-state index < -0.39 is 0 Å². The molecule has 0 fully saturated rings. The number of hydroxylamine groups is 2. The van der Waals surface area contributed by atoms with Crippen molar-refractivity contribution in [2.24, 2.45) is 5.16 Å². The van der Waals surface area contributed by atoms with Gasteiger partial charge in [-0.15, -0.1) is 0 Å². The summed E-state index contributed by atoms with van der Waals surface area (Å²) in [6.07, 6.45) is 6.39. The van der Waals surface area contributed by atoms with Crippen molar-refractivity contribution in [2.75, 3.05) is 13.2 Å². The van der Waals surface area contributed by atoms with Gasteiger partial charge in [0.1, 0.15) is 19.3 Å². The third-order valence-corrected chi connectivity index (χ3v) is 1.40. The van der Waals surface area contributed by atoms with Crippen LogP contribution in [0, 0.1) is 6.08 Å². The van der Waals surface area contributed by atoms with E-state index in [1.807, 2.05) is 0 Å². The Morgan fingerprint density at radius 2 is 2.70 bits per heavy atom. The van der Waals surface area contributed by atoms with E-state index >= 15 is 0 Å². The minimum atomic E-state index is 0.134. The second kappa shape index (κ2) is 2.30. The SMILES string of the molecule is [C]1=CN(C2C=NOC2)OC1. The maximum Gasteiger partial charge on any atom is 0.145 e. The number of oxime groups is 1. The predicted molar refractivity (Wildman–Crippen MR) is 33.8 cm³/mol. The van der Waals surface area contributed by atoms with E-state index in [0.29, 0.717) is 13.2 Å². The van der Waals surface area contributed by atoms with Gasteiger partial charge in [-0.1, -0.05) is 5.16 Å². The molecule has 0 aromatic heterocycles. The molecule has 0 aromatic rings. The van der Waals surface area contributed by atoms with Crippen molar-refractivity contribution >= 4 is 6.21 Å². The first-order chi connectivity index (χ1) is 4.97. The van der Waals surface area contributed by atoms with Crippen molar-refractivity contribution in [2.45, 2.75) is 6.04 Å². The van der Waals surface area contributed by atoms with E-state index in [4.69, 9.17) is 9.68 Å². The lowest BCUT2D eigenvalue weighted by atomic mass is 10.3. The summed E-state index contributed by atoms with van der Waals surface area (Å²) in [5, 5.41) is 5.31. The van der Waals surface area contributed by atoms with Crippen LogP contribution in [0.25, 0.3) is 0 Å². The molecular weight excluding hydrogens is 132 g/mol. The first-order valence-electron chi connectivity index (χ1n) is 3.10. The van der Waals surface area contributed by atoms with Crippen LogP contribution >= 0.6 is 0 Å². The first-order valence-corrected chi connectivity index (χ1v) is 3.10. The highest BCUT2D eigenvalue weighted by atomic mass is 16.7. The van der Waals surface area contributed by atoms with Crippen LogP contribution in [0.3, 0.4) is 0 Å². The van der Waals surface area contributed by atoms with Crippen LogP contribution in [0.15, 0.2) is 11.4 Å². The maximum atomic E-state index is 5.13. The van der Waals surface area contributed by atoms with Crippen molar-refractivity contribution in [3.05, 3.63) is 12.3 Å². The van der Waals surface area contributed by atoms with Gasteiger partial charge in [-0.05, 0) is 0 Å². The van der Waals surface area contributed by atoms with Crippen LogP contribution in [-0.4, -0.2) is 30.5 Å². The molecule has 0 aliphatic carbocycles. The summed E-state index contributed by atoms with van der Waals surface area (Å²) in [7, 11) is 0. The summed E-state index contributed by atoms with van der Waals surface area (Å²) in [4.78, 5) is 9.90. The molecule has 0 saturated heterocycles. The summed E-state index contributed by atoms with van der Waals surface area (Å²) in [6, 6.07) is 0.134. The van der Waals surface area contributed by atoms with E-state index in [2.05, 4.69) is 11.2 Å². The Bertz CT molecular complexity index is 159. The summed E-state index contributed by atoms with van der Waals surface area (Å²) in [5.41, 5.74) is 0. The predicted octanol–water partition coefficient (Wildman–Crippen LogP) is -0.0649. The fraction of sp³-hybridized carbons (Fsp3) is 0.500. The van der Waals surface area contributed by atoms with Crippen molar-refractivity contribution < 1.29 is 9.68 Å². The van der Waals surface area contributed by atoms with E-state index in [1.54, 1.807) is 17.5 Å². The summed E-state index contributed by atoms with van der Waals surface area (Å²) < 4.78 is 0. The molecule has 2 aliphatic heterocycles. The highest BCUT2D eigenvalue weighted by Gasteiger charge is 2.21. The molecule has 1 radical (unpaired) electrons. The number of hydrogen-bond donors (Lipinski definition) is 0. The maximum absolute atomic E-state index is 5.13. The first kappa shape index (κ1) is 5.73. The lowest BCUT2D eigenvalue weighted by Gasteiger charge is -2.17. The molecule has 0 aromatic carbocycles. The molecule has 2 rings (SSSR count). The average Bonchev–Trinajstić information content (AvgIpc) is 2.59. The molecule has 0 saturated carbocycles. The van der Waals surface area contributed by atoms with Gasteiger partial charge in [0, 0.05) is 12.3 Å². The van der Waals surface area contributed by atoms with Crippen LogP contribution < -0.4 is 0 Å². The third kappa shape index (κ3) is 0.863. The van der Waals surface area contributed by atoms with Crippen molar-refractivity contribution in [1.82, 2.24) is 5.06 Å². The molecule has 2 aliphatic rings.